The third-order valence-corrected chi connectivity index (χ3v) is 5.22. The molecule has 3 heterocycles. The minimum atomic E-state index is 0.128. The van der Waals surface area contributed by atoms with E-state index in [9.17, 15) is 4.79 Å². The molecule has 1 saturated heterocycles. The van der Waals surface area contributed by atoms with Gasteiger partial charge >= 0.3 is 0 Å². The smallest absolute Gasteiger partial charge is 0.271 e. The number of carbonyl (C=O) groups excluding carboxylic acids is 1. The number of hydrogen-bond donors (Lipinski definition) is 1. The highest BCUT2D eigenvalue weighted by molar-refractivity contribution is 7.99. The molecular weight excluding hydrogens is 326 g/mol. The molecule has 1 amide bonds. The number of thioether (sulfide) groups is 1. The van der Waals surface area contributed by atoms with Gasteiger partial charge in [0.2, 0.25) is 11.1 Å². The predicted octanol–water partition coefficient (Wildman–Crippen LogP) is 1.29. The number of hydrogen-bond acceptors (Lipinski definition) is 6. The number of amides is 1. The summed E-state index contributed by atoms with van der Waals surface area (Å²) in [5, 5.41) is 13.1. The van der Waals surface area contributed by atoms with Gasteiger partial charge in [-0.3, -0.25) is 4.79 Å². The number of carbonyl (C=O) groups is 1. The van der Waals surface area contributed by atoms with Crippen molar-refractivity contribution in [3.8, 4) is 5.95 Å². The largest absolute Gasteiger partial charge is 0.339 e. The molecular formula is C15H23N7OS. The molecule has 2 aromatic heterocycles. The van der Waals surface area contributed by atoms with Crippen molar-refractivity contribution in [2.45, 2.75) is 51.2 Å². The number of nitrogens with two attached hydrogens (primary N) is 1. The molecule has 130 valence electrons. The molecule has 24 heavy (non-hydrogen) atoms. The molecule has 0 spiro atoms. The number of rotatable bonds is 4. The van der Waals surface area contributed by atoms with Crippen molar-refractivity contribution in [3.05, 3.63) is 17.5 Å². The van der Waals surface area contributed by atoms with E-state index in [0.29, 0.717) is 22.9 Å². The van der Waals surface area contributed by atoms with E-state index in [0.717, 1.165) is 30.8 Å². The monoisotopic (exact) mass is 349 g/mol. The Labute approximate surface area is 145 Å². The lowest BCUT2D eigenvalue weighted by Gasteiger charge is -2.33. The first-order valence-corrected chi connectivity index (χ1v) is 9.12. The van der Waals surface area contributed by atoms with Crippen LogP contribution in [0, 0.1) is 13.8 Å². The van der Waals surface area contributed by atoms with Gasteiger partial charge < -0.3 is 10.7 Å². The Morgan fingerprint density at radius 2 is 2.17 bits per heavy atom. The summed E-state index contributed by atoms with van der Waals surface area (Å²) in [7, 11) is 0. The molecule has 1 fully saturated rings. The van der Waals surface area contributed by atoms with Gasteiger partial charge in [-0.25, -0.2) is 9.36 Å². The Bertz CT molecular complexity index is 738. The van der Waals surface area contributed by atoms with E-state index in [1.165, 1.54) is 22.9 Å². The Morgan fingerprint density at radius 3 is 2.83 bits per heavy atom. The highest BCUT2D eigenvalue weighted by atomic mass is 32.2. The summed E-state index contributed by atoms with van der Waals surface area (Å²) >= 11 is 1.31. The zero-order chi connectivity index (χ0) is 17.3. The summed E-state index contributed by atoms with van der Waals surface area (Å²) in [5.74, 6) is 6.98. The summed E-state index contributed by atoms with van der Waals surface area (Å²) in [6, 6.07) is 2.26. The molecule has 1 aliphatic heterocycles. The van der Waals surface area contributed by atoms with Crippen LogP contribution in [0.4, 0.5) is 0 Å². The first-order valence-electron chi connectivity index (χ1n) is 8.13. The van der Waals surface area contributed by atoms with Crippen molar-refractivity contribution in [3.63, 3.8) is 0 Å². The second kappa shape index (κ2) is 6.84. The lowest BCUT2D eigenvalue weighted by atomic mass is 10.0. The summed E-state index contributed by atoms with van der Waals surface area (Å²) in [4.78, 5) is 14.4. The van der Waals surface area contributed by atoms with Crippen molar-refractivity contribution >= 4 is 17.7 Å². The SMILES string of the molecule is Cc1cc(C)n(-c2nnc(SCC(=O)N3CCCC[C@@H]3C)n2N)n1. The van der Waals surface area contributed by atoms with Crippen molar-refractivity contribution < 1.29 is 4.79 Å². The number of aryl methyl sites for hydroxylation is 2. The highest BCUT2D eigenvalue weighted by Crippen LogP contribution is 2.21. The first-order chi connectivity index (χ1) is 11.5. The van der Waals surface area contributed by atoms with Crippen LogP contribution in [0.5, 0.6) is 0 Å². The van der Waals surface area contributed by atoms with E-state index in [2.05, 4.69) is 22.2 Å². The fourth-order valence-electron chi connectivity index (χ4n) is 3.02. The summed E-state index contributed by atoms with van der Waals surface area (Å²) < 4.78 is 3.04. The van der Waals surface area contributed by atoms with Gasteiger partial charge in [0, 0.05) is 18.3 Å². The van der Waals surface area contributed by atoms with E-state index in [1.54, 1.807) is 4.68 Å². The molecule has 2 N–H and O–H groups in total. The van der Waals surface area contributed by atoms with Crippen LogP contribution in [0.3, 0.4) is 0 Å². The number of aromatic nitrogens is 5. The summed E-state index contributed by atoms with van der Waals surface area (Å²) in [5.41, 5.74) is 1.82. The molecule has 0 saturated carbocycles. The quantitative estimate of drug-likeness (QED) is 0.660. The maximum absolute atomic E-state index is 12.4. The normalized spacial score (nSPS) is 18.1. The zero-order valence-electron chi connectivity index (χ0n) is 14.3. The van der Waals surface area contributed by atoms with E-state index in [-0.39, 0.29) is 5.91 Å². The van der Waals surface area contributed by atoms with Crippen molar-refractivity contribution in [2.75, 3.05) is 18.1 Å². The zero-order valence-corrected chi connectivity index (χ0v) is 15.1. The minimum Gasteiger partial charge on any atom is -0.339 e. The second-order valence-electron chi connectivity index (χ2n) is 6.21. The fraction of sp³-hybridized carbons (Fsp3) is 0.600. The van der Waals surface area contributed by atoms with Gasteiger partial charge in [0.15, 0.2) is 0 Å². The van der Waals surface area contributed by atoms with E-state index >= 15 is 0 Å². The Kier molecular flexibility index (Phi) is 4.79. The molecule has 0 radical (unpaired) electrons. The molecule has 0 unspecified atom stereocenters. The molecule has 0 aromatic carbocycles. The standard InChI is InChI=1S/C15H23N7OS/c1-10-8-12(3)22(19-10)14-17-18-15(21(14)16)24-9-13(23)20-7-5-4-6-11(20)2/h8,11H,4-7,9,16H2,1-3H3/t11-/m0/s1. The van der Waals surface area contributed by atoms with Crippen molar-refractivity contribution in [1.82, 2.24) is 29.6 Å². The van der Waals surface area contributed by atoms with Gasteiger partial charge in [-0.2, -0.15) is 5.10 Å². The Hall–Kier alpha value is -2.03. The second-order valence-corrected chi connectivity index (χ2v) is 7.15. The Balaban J connectivity index is 1.68. The van der Waals surface area contributed by atoms with E-state index in [4.69, 9.17) is 5.84 Å². The van der Waals surface area contributed by atoms with Gasteiger partial charge in [0.1, 0.15) is 0 Å². The molecule has 0 aliphatic carbocycles. The molecule has 8 nitrogen and oxygen atoms in total. The average Bonchev–Trinajstić information content (AvgIpc) is 3.07. The van der Waals surface area contributed by atoms with Gasteiger partial charge in [0.05, 0.1) is 11.4 Å². The third-order valence-electron chi connectivity index (χ3n) is 4.29. The molecule has 2 aromatic rings. The van der Waals surface area contributed by atoms with Crippen LogP contribution in [0.1, 0.15) is 37.6 Å². The molecule has 1 aliphatic rings. The van der Waals surface area contributed by atoms with E-state index in [1.807, 2.05) is 24.8 Å². The maximum atomic E-state index is 12.4. The molecule has 3 rings (SSSR count). The van der Waals surface area contributed by atoms with Crippen LogP contribution < -0.4 is 5.84 Å². The van der Waals surface area contributed by atoms with Crippen LogP contribution in [0.2, 0.25) is 0 Å². The number of nitrogen functional groups attached to an aromatic ring is 1. The van der Waals surface area contributed by atoms with Crippen LogP contribution >= 0.6 is 11.8 Å². The minimum absolute atomic E-state index is 0.128. The third kappa shape index (κ3) is 3.26. The Morgan fingerprint density at radius 1 is 1.38 bits per heavy atom. The number of piperidine rings is 1. The summed E-state index contributed by atoms with van der Waals surface area (Å²) in [6.45, 7) is 6.79. The van der Waals surface area contributed by atoms with Gasteiger partial charge in [0.25, 0.3) is 5.95 Å². The number of nitrogens with zero attached hydrogens (tertiary/aromatic N) is 6. The van der Waals surface area contributed by atoms with Crippen molar-refractivity contribution in [2.24, 2.45) is 0 Å². The van der Waals surface area contributed by atoms with Crippen LogP contribution in [0.15, 0.2) is 11.2 Å². The van der Waals surface area contributed by atoms with Gasteiger partial charge in [-0.05, 0) is 46.1 Å². The molecule has 9 heteroatoms. The molecule has 0 bridgehead atoms. The van der Waals surface area contributed by atoms with Crippen molar-refractivity contribution in [1.29, 1.82) is 0 Å². The average molecular weight is 349 g/mol. The maximum Gasteiger partial charge on any atom is 0.271 e. The van der Waals surface area contributed by atoms with Crippen LogP contribution in [-0.2, 0) is 4.79 Å². The topological polar surface area (TPSA) is 94.9 Å². The van der Waals surface area contributed by atoms with E-state index < -0.39 is 0 Å². The van der Waals surface area contributed by atoms with Gasteiger partial charge in [-0.1, -0.05) is 11.8 Å². The van der Waals surface area contributed by atoms with Gasteiger partial charge in [-0.15, -0.1) is 10.2 Å². The molecule has 1 atom stereocenters. The van der Waals surface area contributed by atoms with Crippen LogP contribution in [0.25, 0.3) is 5.95 Å². The first kappa shape index (κ1) is 16.8. The van der Waals surface area contributed by atoms with Crippen LogP contribution in [-0.4, -0.2) is 53.8 Å². The summed E-state index contributed by atoms with van der Waals surface area (Å²) in [6.07, 6.45) is 3.35. The lowest BCUT2D eigenvalue weighted by Crippen LogP contribution is -2.43. The number of likely N-dealkylation sites (tertiary alicyclic amines) is 1. The lowest BCUT2D eigenvalue weighted by molar-refractivity contribution is -0.131. The fourth-order valence-corrected chi connectivity index (χ4v) is 3.76. The predicted molar refractivity (Wildman–Crippen MR) is 92.5 cm³/mol. The highest BCUT2D eigenvalue weighted by Gasteiger charge is 2.24.